The summed E-state index contributed by atoms with van der Waals surface area (Å²) in [5, 5.41) is 6.80. The van der Waals surface area contributed by atoms with Crippen LogP contribution in [0.15, 0.2) is 36.7 Å². The maximum Gasteiger partial charge on any atom is 0.419 e. The Hall–Kier alpha value is -1.82. The second-order valence-corrected chi connectivity index (χ2v) is 4.59. The smallest absolute Gasteiger partial charge is 0.319 e. The van der Waals surface area contributed by atoms with Gasteiger partial charge in [-0.1, -0.05) is 24.3 Å². The lowest BCUT2D eigenvalue weighted by Crippen LogP contribution is -2.10. The van der Waals surface area contributed by atoms with Crippen molar-refractivity contribution in [2.45, 2.75) is 19.1 Å². The molecule has 2 aromatic rings. The molecule has 1 aromatic heterocycles. The van der Waals surface area contributed by atoms with Crippen molar-refractivity contribution in [1.82, 2.24) is 15.1 Å². The van der Waals surface area contributed by atoms with Gasteiger partial charge in [-0.3, -0.25) is 4.68 Å². The molecule has 2 rings (SSSR count). The van der Waals surface area contributed by atoms with E-state index in [1.165, 1.54) is 10.2 Å². The Morgan fingerprint density at radius 3 is 2.35 bits per heavy atom. The van der Waals surface area contributed by atoms with Gasteiger partial charge < -0.3 is 5.32 Å². The lowest BCUT2D eigenvalue weighted by molar-refractivity contribution is -0.137. The Balaban J connectivity index is 2.01. The molecule has 0 radical (unpaired) electrons. The van der Waals surface area contributed by atoms with Crippen LogP contribution in [0.1, 0.15) is 16.7 Å². The number of aromatic nitrogens is 2. The van der Waals surface area contributed by atoms with Crippen molar-refractivity contribution >= 4 is 0 Å². The summed E-state index contributed by atoms with van der Waals surface area (Å²) in [6.07, 6.45) is -1.54. The first-order valence-corrected chi connectivity index (χ1v) is 6.31. The second-order valence-electron chi connectivity index (χ2n) is 4.59. The van der Waals surface area contributed by atoms with E-state index in [9.17, 15) is 13.2 Å². The van der Waals surface area contributed by atoms with Crippen LogP contribution in [0.5, 0.6) is 0 Å². The van der Waals surface area contributed by atoms with Crippen LogP contribution in [-0.4, -0.2) is 23.4 Å². The van der Waals surface area contributed by atoms with Crippen LogP contribution in [0.25, 0.3) is 0 Å². The first-order valence-electron chi connectivity index (χ1n) is 6.31. The van der Waals surface area contributed by atoms with E-state index >= 15 is 0 Å². The van der Waals surface area contributed by atoms with Crippen LogP contribution in [0.2, 0.25) is 0 Å². The summed E-state index contributed by atoms with van der Waals surface area (Å²) in [5.41, 5.74) is 1.40. The Kier molecular flexibility index (Phi) is 4.44. The predicted octanol–water partition coefficient (Wildman–Crippen LogP) is 2.71. The Morgan fingerprint density at radius 1 is 1.15 bits per heavy atom. The summed E-state index contributed by atoms with van der Waals surface area (Å²) < 4.78 is 38.7. The van der Waals surface area contributed by atoms with E-state index < -0.39 is 11.7 Å². The van der Waals surface area contributed by atoms with Crippen molar-refractivity contribution in [3.63, 3.8) is 0 Å². The molecule has 108 valence electrons. The number of nitrogens with one attached hydrogen (secondary N) is 1. The largest absolute Gasteiger partial charge is 0.419 e. The van der Waals surface area contributed by atoms with Gasteiger partial charge in [0.05, 0.1) is 18.3 Å². The van der Waals surface area contributed by atoms with Crippen LogP contribution >= 0.6 is 0 Å². The highest BCUT2D eigenvalue weighted by Crippen LogP contribution is 2.28. The molecule has 0 amide bonds. The molecule has 1 heterocycles. The van der Waals surface area contributed by atoms with Crippen LogP contribution in [0.4, 0.5) is 13.2 Å². The van der Waals surface area contributed by atoms with Gasteiger partial charge in [0.25, 0.3) is 0 Å². The van der Waals surface area contributed by atoms with Crippen LogP contribution in [0.3, 0.4) is 0 Å². The van der Waals surface area contributed by atoms with E-state index in [0.29, 0.717) is 6.54 Å². The third-order valence-electron chi connectivity index (χ3n) is 2.99. The van der Waals surface area contributed by atoms with E-state index in [1.807, 2.05) is 31.3 Å². The molecule has 1 N–H and O–H groups in total. The molecule has 20 heavy (non-hydrogen) atoms. The molecular weight excluding hydrogens is 267 g/mol. The summed E-state index contributed by atoms with van der Waals surface area (Å²) >= 11 is 0. The van der Waals surface area contributed by atoms with E-state index in [4.69, 9.17) is 0 Å². The van der Waals surface area contributed by atoms with Gasteiger partial charge in [-0.15, -0.1) is 0 Å². The fourth-order valence-electron chi connectivity index (χ4n) is 1.86. The Bertz CT molecular complexity index is 544. The normalized spacial score (nSPS) is 11.8. The lowest BCUT2D eigenvalue weighted by Gasteiger charge is -2.05. The summed E-state index contributed by atoms with van der Waals surface area (Å²) in [4.78, 5) is 0. The van der Waals surface area contributed by atoms with Gasteiger partial charge in [0, 0.05) is 6.20 Å². The molecule has 3 nitrogen and oxygen atoms in total. The molecule has 1 aromatic carbocycles. The number of alkyl halides is 3. The first kappa shape index (κ1) is 14.6. The third kappa shape index (κ3) is 3.84. The van der Waals surface area contributed by atoms with Gasteiger partial charge in [0.15, 0.2) is 0 Å². The van der Waals surface area contributed by atoms with Gasteiger partial charge in [0.1, 0.15) is 0 Å². The Labute approximate surface area is 115 Å². The number of nitrogens with zero attached hydrogens (tertiary/aromatic N) is 2. The molecule has 0 aliphatic carbocycles. The SMILES string of the molecule is CNCCc1ccc(Cn2cc(C(F)(F)F)cn2)cc1. The molecule has 0 atom stereocenters. The quantitative estimate of drug-likeness (QED) is 0.914. The monoisotopic (exact) mass is 283 g/mol. The number of likely N-dealkylation sites (N-methyl/N-ethyl adjacent to an activating group) is 1. The predicted molar refractivity (Wildman–Crippen MR) is 70.4 cm³/mol. The molecule has 0 saturated carbocycles. The van der Waals surface area contributed by atoms with E-state index in [2.05, 4.69) is 10.4 Å². The van der Waals surface area contributed by atoms with Crippen molar-refractivity contribution < 1.29 is 13.2 Å². The zero-order chi connectivity index (χ0) is 14.6. The average molecular weight is 283 g/mol. The van der Waals surface area contributed by atoms with Crippen molar-refractivity contribution in [2.24, 2.45) is 0 Å². The molecule has 0 bridgehead atoms. The molecular formula is C14H16F3N3. The minimum absolute atomic E-state index is 0.336. The second kappa shape index (κ2) is 6.09. The minimum atomic E-state index is -4.34. The van der Waals surface area contributed by atoms with Gasteiger partial charge in [0.2, 0.25) is 0 Å². The standard InChI is InChI=1S/C14H16F3N3/c1-18-7-6-11-2-4-12(5-3-11)9-20-10-13(8-19-20)14(15,16)17/h2-5,8,10,18H,6-7,9H2,1H3. The van der Waals surface area contributed by atoms with Crippen LogP contribution in [0, 0.1) is 0 Å². The maximum absolute atomic E-state index is 12.5. The van der Waals surface area contributed by atoms with Crippen LogP contribution in [-0.2, 0) is 19.1 Å². The number of halogens is 3. The number of benzene rings is 1. The molecule has 0 aliphatic rings. The summed E-state index contributed by atoms with van der Waals surface area (Å²) in [6.45, 7) is 1.23. The van der Waals surface area contributed by atoms with Gasteiger partial charge in [-0.05, 0) is 31.1 Å². The van der Waals surface area contributed by atoms with E-state index in [-0.39, 0.29) is 0 Å². The fraction of sp³-hybridized carbons (Fsp3) is 0.357. The minimum Gasteiger partial charge on any atom is -0.319 e. The highest BCUT2D eigenvalue weighted by Gasteiger charge is 2.32. The van der Waals surface area contributed by atoms with Gasteiger partial charge in [-0.2, -0.15) is 18.3 Å². The lowest BCUT2D eigenvalue weighted by atomic mass is 10.1. The molecule has 0 fully saturated rings. The highest BCUT2D eigenvalue weighted by molar-refractivity contribution is 5.23. The topological polar surface area (TPSA) is 29.9 Å². The fourth-order valence-corrected chi connectivity index (χ4v) is 1.86. The average Bonchev–Trinajstić information content (AvgIpc) is 2.86. The zero-order valence-electron chi connectivity index (χ0n) is 11.1. The van der Waals surface area contributed by atoms with Crippen molar-refractivity contribution in [2.75, 3.05) is 13.6 Å². The zero-order valence-corrected chi connectivity index (χ0v) is 11.1. The summed E-state index contributed by atoms with van der Waals surface area (Å²) in [7, 11) is 1.89. The van der Waals surface area contributed by atoms with E-state index in [1.54, 1.807) is 0 Å². The molecule has 0 unspecified atom stereocenters. The molecule has 0 aliphatic heterocycles. The molecule has 0 spiro atoms. The summed E-state index contributed by atoms with van der Waals surface area (Å²) in [6, 6.07) is 7.81. The third-order valence-corrected chi connectivity index (χ3v) is 2.99. The van der Waals surface area contributed by atoms with Crippen molar-refractivity contribution in [3.8, 4) is 0 Å². The summed E-state index contributed by atoms with van der Waals surface area (Å²) in [5.74, 6) is 0. The number of rotatable bonds is 5. The van der Waals surface area contributed by atoms with Gasteiger partial charge in [-0.25, -0.2) is 0 Å². The first-order chi connectivity index (χ1) is 9.49. The number of hydrogen-bond acceptors (Lipinski definition) is 2. The van der Waals surface area contributed by atoms with E-state index in [0.717, 1.165) is 30.9 Å². The van der Waals surface area contributed by atoms with Gasteiger partial charge >= 0.3 is 6.18 Å². The van der Waals surface area contributed by atoms with Crippen molar-refractivity contribution in [3.05, 3.63) is 53.3 Å². The van der Waals surface area contributed by atoms with Crippen molar-refractivity contribution in [1.29, 1.82) is 0 Å². The molecule has 0 saturated heterocycles. The molecule has 6 heteroatoms. The highest BCUT2D eigenvalue weighted by atomic mass is 19.4. The number of hydrogen-bond donors (Lipinski definition) is 1. The Morgan fingerprint density at radius 2 is 1.80 bits per heavy atom. The maximum atomic E-state index is 12.5. The van der Waals surface area contributed by atoms with Crippen LogP contribution < -0.4 is 5.32 Å².